The summed E-state index contributed by atoms with van der Waals surface area (Å²) < 4.78 is 10.4. The molecule has 0 saturated heterocycles. The predicted octanol–water partition coefficient (Wildman–Crippen LogP) is 2.90. The number of nitrogens with one attached hydrogen (secondary N) is 1. The van der Waals surface area contributed by atoms with Crippen molar-refractivity contribution in [2.45, 2.75) is 0 Å². The van der Waals surface area contributed by atoms with Crippen LogP contribution in [-0.2, 0) is 0 Å². The molecule has 1 N–H and O–H groups in total. The monoisotopic (exact) mass is 309 g/mol. The van der Waals surface area contributed by atoms with Crippen molar-refractivity contribution in [3.05, 3.63) is 54.2 Å². The van der Waals surface area contributed by atoms with Crippen LogP contribution in [0.25, 0.3) is 10.9 Å². The highest BCUT2D eigenvalue weighted by Crippen LogP contribution is 2.29. The van der Waals surface area contributed by atoms with Crippen molar-refractivity contribution in [1.29, 1.82) is 0 Å². The van der Waals surface area contributed by atoms with E-state index in [4.69, 9.17) is 9.47 Å². The Hall–Kier alpha value is -3.15. The van der Waals surface area contributed by atoms with Gasteiger partial charge in [0.05, 0.1) is 19.7 Å². The first-order valence-electron chi connectivity index (χ1n) is 6.97. The summed E-state index contributed by atoms with van der Waals surface area (Å²) in [6.07, 6.45) is 0. The van der Waals surface area contributed by atoms with E-state index in [-0.39, 0.29) is 11.6 Å². The predicted molar refractivity (Wildman–Crippen MR) is 87.0 cm³/mol. The number of carbonyl (C=O) groups excluding carboxylic acids is 1. The zero-order valence-electron chi connectivity index (χ0n) is 12.7. The molecule has 0 saturated carbocycles. The van der Waals surface area contributed by atoms with Crippen LogP contribution in [0.1, 0.15) is 10.5 Å². The highest BCUT2D eigenvalue weighted by Gasteiger charge is 2.11. The summed E-state index contributed by atoms with van der Waals surface area (Å²) in [7, 11) is 3.10. The second kappa shape index (κ2) is 6.31. The van der Waals surface area contributed by atoms with Crippen molar-refractivity contribution in [3.8, 4) is 11.5 Å². The van der Waals surface area contributed by atoms with E-state index in [1.54, 1.807) is 31.4 Å². The quantitative estimate of drug-likeness (QED) is 0.802. The van der Waals surface area contributed by atoms with E-state index in [1.807, 2.05) is 24.3 Å². The van der Waals surface area contributed by atoms with Crippen LogP contribution in [0.3, 0.4) is 0 Å². The second-order valence-electron chi connectivity index (χ2n) is 4.81. The molecular weight excluding hydrogens is 294 g/mol. The molecule has 23 heavy (non-hydrogen) atoms. The number of rotatable bonds is 4. The zero-order valence-corrected chi connectivity index (χ0v) is 12.7. The largest absolute Gasteiger partial charge is 0.493 e. The first-order chi connectivity index (χ1) is 11.2. The molecule has 0 aliphatic rings. The van der Waals surface area contributed by atoms with Crippen molar-refractivity contribution < 1.29 is 14.3 Å². The number of anilines is 1. The fourth-order valence-electron chi connectivity index (χ4n) is 2.20. The maximum absolute atomic E-state index is 12.3. The van der Waals surface area contributed by atoms with Gasteiger partial charge in [-0.15, -0.1) is 10.2 Å². The average molecular weight is 309 g/mol. The van der Waals surface area contributed by atoms with Crippen LogP contribution in [0.15, 0.2) is 48.5 Å². The number of amides is 1. The van der Waals surface area contributed by atoms with Gasteiger partial charge in [-0.25, -0.2) is 0 Å². The third-order valence-corrected chi connectivity index (χ3v) is 3.37. The summed E-state index contributed by atoms with van der Waals surface area (Å²) >= 11 is 0. The highest BCUT2D eigenvalue weighted by molar-refractivity contribution is 6.04. The molecule has 0 atom stereocenters. The molecule has 0 unspecified atom stereocenters. The SMILES string of the molecule is COc1ccc(NC(=O)c2cc3ccccc3nn2)cc1OC. The molecular formula is C17H15N3O3. The Labute approximate surface area is 133 Å². The Morgan fingerprint density at radius 3 is 2.52 bits per heavy atom. The summed E-state index contributed by atoms with van der Waals surface area (Å²) in [6, 6.07) is 14.3. The number of benzene rings is 2. The normalized spacial score (nSPS) is 10.3. The van der Waals surface area contributed by atoms with Crippen LogP contribution in [0, 0.1) is 0 Å². The number of hydrogen-bond donors (Lipinski definition) is 1. The smallest absolute Gasteiger partial charge is 0.276 e. The number of carbonyl (C=O) groups is 1. The van der Waals surface area contributed by atoms with Gasteiger partial charge in [-0.2, -0.15) is 0 Å². The lowest BCUT2D eigenvalue weighted by Crippen LogP contribution is -2.14. The van der Waals surface area contributed by atoms with Gasteiger partial charge in [0, 0.05) is 17.1 Å². The van der Waals surface area contributed by atoms with Gasteiger partial charge in [0.2, 0.25) is 0 Å². The Bertz CT molecular complexity index is 865. The van der Waals surface area contributed by atoms with Crippen molar-refractivity contribution in [2.24, 2.45) is 0 Å². The summed E-state index contributed by atoms with van der Waals surface area (Å²) in [4.78, 5) is 12.3. The van der Waals surface area contributed by atoms with Crippen LogP contribution < -0.4 is 14.8 Å². The lowest BCUT2D eigenvalue weighted by atomic mass is 10.2. The number of methoxy groups -OCH3 is 2. The highest BCUT2D eigenvalue weighted by atomic mass is 16.5. The van der Waals surface area contributed by atoms with Gasteiger partial charge in [-0.05, 0) is 24.3 Å². The molecule has 1 amide bonds. The molecule has 6 nitrogen and oxygen atoms in total. The van der Waals surface area contributed by atoms with E-state index >= 15 is 0 Å². The maximum atomic E-state index is 12.3. The lowest BCUT2D eigenvalue weighted by Gasteiger charge is -2.10. The fourth-order valence-corrected chi connectivity index (χ4v) is 2.20. The molecule has 0 aliphatic heterocycles. The van der Waals surface area contributed by atoms with Crippen LogP contribution in [0.4, 0.5) is 5.69 Å². The van der Waals surface area contributed by atoms with Gasteiger partial charge in [0.15, 0.2) is 17.2 Å². The van der Waals surface area contributed by atoms with Crippen molar-refractivity contribution in [2.75, 3.05) is 19.5 Å². The standard InChI is InChI=1S/C17H15N3O3/c1-22-15-8-7-12(10-16(15)23-2)18-17(21)14-9-11-5-3-4-6-13(11)19-20-14/h3-10H,1-2H3,(H,18,21). The molecule has 116 valence electrons. The molecule has 2 aromatic carbocycles. The Morgan fingerprint density at radius 1 is 0.957 bits per heavy atom. The van der Waals surface area contributed by atoms with Gasteiger partial charge in [0.1, 0.15) is 0 Å². The molecule has 6 heteroatoms. The van der Waals surface area contributed by atoms with Crippen LogP contribution in [0.5, 0.6) is 11.5 Å². The van der Waals surface area contributed by atoms with Crippen molar-refractivity contribution >= 4 is 22.5 Å². The molecule has 3 rings (SSSR count). The third-order valence-electron chi connectivity index (χ3n) is 3.37. The van der Waals surface area contributed by atoms with Crippen LogP contribution >= 0.6 is 0 Å². The topological polar surface area (TPSA) is 73.3 Å². The number of fused-ring (bicyclic) bond motifs is 1. The first kappa shape index (κ1) is 14.8. The number of ether oxygens (including phenoxy) is 2. The van der Waals surface area contributed by atoms with Gasteiger partial charge in [-0.3, -0.25) is 4.79 Å². The zero-order chi connectivity index (χ0) is 16.2. The second-order valence-corrected chi connectivity index (χ2v) is 4.81. The van der Waals surface area contributed by atoms with E-state index in [0.29, 0.717) is 17.2 Å². The molecule has 0 aliphatic carbocycles. The Kier molecular flexibility index (Phi) is 4.05. The molecule has 1 aromatic heterocycles. The molecule has 0 fully saturated rings. The lowest BCUT2D eigenvalue weighted by molar-refractivity contribution is 0.102. The molecule has 0 bridgehead atoms. The summed E-state index contributed by atoms with van der Waals surface area (Å²) in [5, 5.41) is 11.6. The minimum absolute atomic E-state index is 0.249. The molecule has 0 spiro atoms. The van der Waals surface area contributed by atoms with E-state index in [2.05, 4.69) is 15.5 Å². The molecule has 3 aromatic rings. The minimum atomic E-state index is -0.338. The van der Waals surface area contributed by atoms with Gasteiger partial charge < -0.3 is 14.8 Å². The van der Waals surface area contributed by atoms with Crippen LogP contribution in [0.2, 0.25) is 0 Å². The fraction of sp³-hybridized carbons (Fsp3) is 0.118. The van der Waals surface area contributed by atoms with E-state index in [9.17, 15) is 4.79 Å². The molecule has 1 heterocycles. The van der Waals surface area contributed by atoms with Crippen molar-refractivity contribution in [1.82, 2.24) is 10.2 Å². The van der Waals surface area contributed by atoms with Crippen LogP contribution in [-0.4, -0.2) is 30.3 Å². The van der Waals surface area contributed by atoms with E-state index in [0.717, 1.165) is 10.9 Å². The Balaban J connectivity index is 1.85. The number of nitrogens with zero attached hydrogens (tertiary/aromatic N) is 2. The van der Waals surface area contributed by atoms with Gasteiger partial charge >= 0.3 is 0 Å². The molecule has 0 radical (unpaired) electrons. The minimum Gasteiger partial charge on any atom is -0.493 e. The summed E-state index contributed by atoms with van der Waals surface area (Å²) in [5.74, 6) is 0.793. The van der Waals surface area contributed by atoms with Gasteiger partial charge in [0.25, 0.3) is 5.91 Å². The van der Waals surface area contributed by atoms with Gasteiger partial charge in [-0.1, -0.05) is 18.2 Å². The Morgan fingerprint density at radius 2 is 1.74 bits per heavy atom. The maximum Gasteiger partial charge on any atom is 0.276 e. The average Bonchev–Trinajstić information content (AvgIpc) is 2.61. The number of hydrogen-bond acceptors (Lipinski definition) is 5. The van der Waals surface area contributed by atoms with Crippen molar-refractivity contribution in [3.63, 3.8) is 0 Å². The number of aromatic nitrogens is 2. The third kappa shape index (κ3) is 3.06. The van der Waals surface area contributed by atoms with E-state index in [1.165, 1.54) is 7.11 Å². The summed E-state index contributed by atoms with van der Waals surface area (Å²) in [6.45, 7) is 0. The first-order valence-corrected chi connectivity index (χ1v) is 6.97. The van der Waals surface area contributed by atoms with E-state index < -0.39 is 0 Å². The summed E-state index contributed by atoms with van der Waals surface area (Å²) in [5.41, 5.74) is 1.58.